The number of nitrogens with one attached hydrogen (secondary N) is 1. The van der Waals surface area contributed by atoms with E-state index < -0.39 is 16.0 Å². The van der Waals surface area contributed by atoms with Gasteiger partial charge in [0.15, 0.2) is 0 Å². The summed E-state index contributed by atoms with van der Waals surface area (Å²) in [6.45, 7) is 5.01. The number of pyridine rings is 1. The lowest BCUT2D eigenvalue weighted by Gasteiger charge is -2.22. The fraction of sp³-hybridized carbons (Fsp3) is 0.400. The molecule has 1 N–H and O–H groups in total. The lowest BCUT2D eigenvalue weighted by atomic mass is 9.87. The van der Waals surface area contributed by atoms with Crippen LogP contribution in [0.15, 0.2) is 47.4 Å². The molecule has 1 aliphatic carbocycles. The quantitative estimate of drug-likeness (QED) is 0.290. The van der Waals surface area contributed by atoms with Crippen molar-refractivity contribution in [3.63, 3.8) is 0 Å². The Hall–Kier alpha value is -3.14. The van der Waals surface area contributed by atoms with Crippen molar-refractivity contribution in [2.24, 2.45) is 0 Å². The molecule has 7 nitrogen and oxygen atoms in total. The van der Waals surface area contributed by atoms with Gasteiger partial charge < -0.3 is 9.64 Å². The third kappa shape index (κ3) is 6.21. The maximum atomic E-state index is 13.9. The van der Waals surface area contributed by atoms with Gasteiger partial charge in [-0.15, -0.1) is 0 Å². The number of methoxy groups -OCH3 is 1. The zero-order chi connectivity index (χ0) is 28.3. The number of carbonyl (C=O) groups excluding carboxylic acids is 1. The number of aromatic nitrogens is 1. The zero-order valence-electron chi connectivity index (χ0n) is 23.2. The average molecular weight is 554 g/mol. The van der Waals surface area contributed by atoms with Gasteiger partial charge in [0.2, 0.25) is 10.0 Å². The molecule has 1 aromatic heterocycles. The predicted molar refractivity (Wildman–Crippen MR) is 151 cm³/mol. The van der Waals surface area contributed by atoms with Gasteiger partial charge in [0.25, 0.3) is 0 Å². The second-order valence-corrected chi connectivity index (χ2v) is 12.2. The first kappa shape index (κ1) is 28.9. The molecule has 39 heavy (non-hydrogen) atoms. The third-order valence-electron chi connectivity index (χ3n) is 6.99. The first-order valence-electron chi connectivity index (χ1n) is 13.2. The number of carbonyl (C=O) groups is 1. The fourth-order valence-electron chi connectivity index (χ4n) is 5.07. The van der Waals surface area contributed by atoms with Gasteiger partial charge in [-0.25, -0.2) is 22.3 Å². The van der Waals surface area contributed by atoms with Crippen LogP contribution in [0.3, 0.4) is 0 Å². The molecule has 1 aliphatic rings. The Labute approximate surface area is 230 Å². The number of hydrogen-bond donors (Lipinski definition) is 1. The Balaban J connectivity index is 1.93. The van der Waals surface area contributed by atoms with Crippen molar-refractivity contribution in [3.8, 4) is 22.4 Å². The average Bonchev–Trinajstić information content (AvgIpc) is 3.09. The molecule has 2 aromatic carbocycles. The summed E-state index contributed by atoms with van der Waals surface area (Å²) in [6.07, 6.45) is 2.83. The number of sulfonamides is 1. The first-order chi connectivity index (χ1) is 18.5. The number of aryl methyl sites for hydroxylation is 1. The standard InChI is InChI=1S/C30H36FN3O4S/c1-19(2)28-27(30(35)38-5)26(21-10-13-22(31)14-11-21)24-9-6-8-20-12-15-23(18-25(20)29(24)33-28)39(36,37)32-16-7-17-34(3)4/h10-15,18-19,32H,6-9,16-17H2,1-5H3. The van der Waals surface area contributed by atoms with Crippen molar-refractivity contribution in [1.82, 2.24) is 14.6 Å². The topological polar surface area (TPSA) is 88.6 Å². The highest BCUT2D eigenvalue weighted by molar-refractivity contribution is 7.89. The second-order valence-electron chi connectivity index (χ2n) is 10.5. The predicted octanol–water partition coefficient (Wildman–Crippen LogP) is 5.18. The molecule has 0 bridgehead atoms. The van der Waals surface area contributed by atoms with Crippen LogP contribution in [0, 0.1) is 5.82 Å². The molecule has 4 rings (SSSR count). The van der Waals surface area contributed by atoms with E-state index in [2.05, 4.69) is 4.72 Å². The number of benzene rings is 2. The highest BCUT2D eigenvalue weighted by atomic mass is 32.2. The van der Waals surface area contributed by atoms with Crippen LogP contribution < -0.4 is 4.72 Å². The van der Waals surface area contributed by atoms with Crippen molar-refractivity contribution in [2.75, 3.05) is 34.3 Å². The van der Waals surface area contributed by atoms with Crippen LogP contribution in [0.25, 0.3) is 22.4 Å². The van der Waals surface area contributed by atoms with Crippen LogP contribution in [-0.4, -0.2) is 58.6 Å². The maximum Gasteiger partial charge on any atom is 0.340 e. The molecule has 1 heterocycles. The molecule has 0 aliphatic heterocycles. The van der Waals surface area contributed by atoms with Gasteiger partial charge in [0.1, 0.15) is 5.82 Å². The minimum Gasteiger partial charge on any atom is -0.465 e. The van der Waals surface area contributed by atoms with Gasteiger partial charge in [-0.2, -0.15) is 0 Å². The molecule has 3 aromatic rings. The lowest BCUT2D eigenvalue weighted by molar-refractivity contribution is 0.0599. The number of rotatable bonds is 9. The Morgan fingerprint density at radius 3 is 2.49 bits per heavy atom. The molecule has 0 spiro atoms. The van der Waals surface area contributed by atoms with Crippen LogP contribution >= 0.6 is 0 Å². The monoisotopic (exact) mass is 553 g/mol. The van der Waals surface area contributed by atoms with Gasteiger partial charge in [0, 0.05) is 17.7 Å². The van der Waals surface area contributed by atoms with Gasteiger partial charge >= 0.3 is 5.97 Å². The summed E-state index contributed by atoms with van der Waals surface area (Å²) in [6, 6.07) is 11.3. The van der Waals surface area contributed by atoms with Crippen molar-refractivity contribution in [1.29, 1.82) is 0 Å². The van der Waals surface area contributed by atoms with Crippen LogP contribution in [0.1, 0.15) is 59.8 Å². The second kappa shape index (κ2) is 11.9. The number of nitrogens with zero attached hydrogens (tertiary/aromatic N) is 2. The highest BCUT2D eigenvalue weighted by Crippen LogP contribution is 2.42. The maximum absolute atomic E-state index is 13.9. The van der Waals surface area contributed by atoms with Crippen molar-refractivity contribution in [3.05, 3.63) is 70.7 Å². The number of ether oxygens (including phenoxy) is 1. The summed E-state index contributed by atoms with van der Waals surface area (Å²) >= 11 is 0. The van der Waals surface area contributed by atoms with E-state index in [-0.39, 0.29) is 16.6 Å². The summed E-state index contributed by atoms with van der Waals surface area (Å²) in [5.74, 6) is -1.00. The first-order valence-corrected chi connectivity index (χ1v) is 14.7. The number of fused-ring (bicyclic) bond motifs is 3. The molecule has 0 fully saturated rings. The number of esters is 1. The Kier molecular flexibility index (Phi) is 8.83. The number of halogens is 1. The van der Waals surface area contributed by atoms with E-state index in [1.807, 2.05) is 38.9 Å². The minimum absolute atomic E-state index is 0.124. The van der Waals surface area contributed by atoms with Gasteiger partial charge in [-0.3, -0.25) is 4.98 Å². The molecule has 208 valence electrons. The summed E-state index contributed by atoms with van der Waals surface area (Å²) in [5, 5.41) is 0. The van der Waals surface area contributed by atoms with Crippen LogP contribution in [0.5, 0.6) is 0 Å². The molecule has 0 radical (unpaired) electrons. The Bertz CT molecular complexity index is 1470. The van der Waals surface area contributed by atoms with Crippen LogP contribution in [0.2, 0.25) is 0 Å². The molecule has 0 saturated carbocycles. The van der Waals surface area contributed by atoms with Crippen LogP contribution in [-0.2, 0) is 27.6 Å². The molecule has 0 atom stereocenters. The van der Waals surface area contributed by atoms with E-state index in [0.29, 0.717) is 47.5 Å². The van der Waals surface area contributed by atoms with Gasteiger partial charge in [-0.05, 0) is 93.2 Å². The van der Waals surface area contributed by atoms with Gasteiger partial charge in [0.05, 0.1) is 29.0 Å². The summed E-state index contributed by atoms with van der Waals surface area (Å²) in [5.41, 5.74) is 5.50. The molecule has 9 heteroatoms. The SMILES string of the molecule is COC(=O)c1c(C(C)C)nc2c(c1-c1ccc(F)cc1)CCCc1ccc(S(=O)(=O)NCCCN(C)C)cc1-2. The lowest BCUT2D eigenvalue weighted by Crippen LogP contribution is -2.27. The molecular formula is C30H36FN3O4S. The van der Waals surface area contributed by atoms with E-state index in [1.165, 1.54) is 19.2 Å². The largest absolute Gasteiger partial charge is 0.465 e. The van der Waals surface area contributed by atoms with E-state index in [9.17, 15) is 17.6 Å². The van der Waals surface area contributed by atoms with Crippen molar-refractivity contribution in [2.45, 2.75) is 50.3 Å². The minimum atomic E-state index is -3.74. The smallest absolute Gasteiger partial charge is 0.340 e. The van der Waals surface area contributed by atoms with Crippen LogP contribution in [0.4, 0.5) is 4.39 Å². The molecule has 0 saturated heterocycles. The normalized spacial score (nSPS) is 13.2. The molecule has 0 amide bonds. The van der Waals surface area contributed by atoms with E-state index in [4.69, 9.17) is 9.72 Å². The summed E-state index contributed by atoms with van der Waals surface area (Å²) < 4.78 is 48.2. The third-order valence-corrected chi connectivity index (χ3v) is 8.45. The van der Waals surface area contributed by atoms with Gasteiger partial charge in [-0.1, -0.05) is 32.0 Å². The summed E-state index contributed by atoms with van der Waals surface area (Å²) in [7, 11) is 1.49. The Morgan fingerprint density at radius 2 is 1.85 bits per heavy atom. The van der Waals surface area contributed by atoms with E-state index in [1.54, 1.807) is 24.3 Å². The molecular weight excluding hydrogens is 517 g/mol. The van der Waals surface area contributed by atoms with Crippen molar-refractivity contribution >= 4 is 16.0 Å². The molecule has 0 unspecified atom stereocenters. The van der Waals surface area contributed by atoms with E-state index >= 15 is 0 Å². The summed E-state index contributed by atoms with van der Waals surface area (Å²) in [4.78, 5) is 20.3. The van der Waals surface area contributed by atoms with Crippen molar-refractivity contribution < 1.29 is 22.3 Å². The number of hydrogen-bond acceptors (Lipinski definition) is 6. The zero-order valence-corrected chi connectivity index (χ0v) is 24.0. The fourth-order valence-corrected chi connectivity index (χ4v) is 6.17. The highest BCUT2D eigenvalue weighted by Gasteiger charge is 2.30. The van der Waals surface area contributed by atoms with E-state index in [0.717, 1.165) is 36.1 Å². The Morgan fingerprint density at radius 1 is 1.13 bits per heavy atom.